The van der Waals surface area contributed by atoms with Crippen LogP contribution in [0.1, 0.15) is 59.7 Å². The van der Waals surface area contributed by atoms with E-state index in [0.29, 0.717) is 23.8 Å². The van der Waals surface area contributed by atoms with Crippen LogP contribution in [-0.4, -0.2) is 39.3 Å². The molecule has 40 heavy (non-hydrogen) atoms. The molecule has 1 saturated carbocycles. The van der Waals surface area contributed by atoms with Crippen molar-refractivity contribution >= 4 is 40.0 Å². The van der Waals surface area contributed by atoms with Crippen molar-refractivity contribution in [1.82, 2.24) is 4.98 Å². The first-order valence-corrected chi connectivity index (χ1v) is 15.5. The van der Waals surface area contributed by atoms with E-state index in [1.165, 1.54) is 36.6 Å². The van der Waals surface area contributed by atoms with E-state index in [9.17, 15) is 13.6 Å². The summed E-state index contributed by atoms with van der Waals surface area (Å²) in [6.07, 6.45) is 8.24. The number of benzene rings is 2. The summed E-state index contributed by atoms with van der Waals surface area (Å²) < 4.78 is 30.7. The van der Waals surface area contributed by atoms with Gasteiger partial charge in [0.15, 0.2) is 0 Å². The van der Waals surface area contributed by atoms with Crippen molar-refractivity contribution in [2.45, 2.75) is 56.1 Å². The summed E-state index contributed by atoms with van der Waals surface area (Å²) in [6.45, 7) is 4.11. The van der Waals surface area contributed by atoms with Gasteiger partial charge in [-0.2, -0.15) is 0 Å². The number of hydrogen-bond acceptors (Lipinski definition) is 6. The minimum Gasteiger partial charge on any atom is -0.771 e. The highest BCUT2D eigenvalue weighted by Crippen LogP contribution is 2.46. The van der Waals surface area contributed by atoms with Crippen molar-refractivity contribution in [2.75, 3.05) is 29.9 Å². The van der Waals surface area contributed by atoms with Crippen LogP contribution < -0.4 is 15.0 Å². The van der Waals surface area contributed by atoms with Gasteiger partial charge in [0.2, 0.25) is 5.91 Å². The smallest absolute Gasteiger partial charge is 0.243 e. The number of amides is 1. The molecule has 3 aliphatic rings. The van der Waals surface area contributed by atoms with Crippen LogP contribution in [0.15, 0.2) is 54.7 Å². The number of rotatable bonds is 6. The quantitative estimate of drug-likeness (QED) is 0.367. The van der Waals surface area contributed by atoms with Gasteiger partial charge in [0.25, 0.3) is 0 Å². The molecule has 6 rings (SSSR count). The highest BCUT2D eigenvalue weighted by Gasteiger charge is 2.42. The summed E-state index contributed by atoms with van der Waals surface area (Å²) in [4.78, 5) is 19.8. The largest absolute Gasteiger partial charge is 0.771 e. The Morgan fingerprint density at radius 3 is 2.80 bits per heavy atom. The van der Waals surface area contributed by atoms with Gasteiger partial charge in [-0.05, 0) is 109 Å². The Hall–Kier alpha value is -2.94. The van der Waals surface area contributed by atoms with E-state index in [1.54, 1.807) is 18.2 Å². The van der Waals surface area contributed by atoms with E-state index in [1.807, 2.05) is 25.1 Å². The van der Waals surface area contributed by atoms with E-state index in [2.05, 4.69) is 27.3 Å². The van der Waals surface area contributed by atoms with Gasteiger partial charge in [-0.3, -0.25) is 14.0 Å². The third-order valence-corrected chi connectivity index (χ3v) is 9.78. The van der Waals surface area contributed by atoms with E-state index >= 15 is 0 Å². The first-order valence-electron chi connectivity index (χ1n) is 13.9. The summed E-state index contributed by atoms with van der Waals surface area (Å²) in [5.41, 5.74) is 5.00. The molecule has 2 heterocycles. The molecular weight excluding hydrogens is 546 g/mol. The number of nitrogens with one attached hydrogen (secondary N) is 1. The monoisotopic (exact) mass is 578 g/mol. The molecule has 0 saturated heterocycles. The molecular formula is C31H33ClN3O4S-. The van der Waals surface area contributed by atoms with Crippen molar-refractivity contribution in [3.8, 4) is 5.75 Å². The molecule has 0 bridgehead atoms. The molecule has 7 nitrogen and oxygen atoms in total. The highest BCUT2D eigenvalue weighted by molar-refractivity contribution is 7.80. The molecule has 0 radical (unpaired) electrons. The maximum absolute atomic E-state index is 13.2. The number of halogens is 1. The number of nitrogens with zero attached hydrogens (tertiary/aromatic N) is 2. The van der Waals surface area contributed by atoms with Crippen molar-refractivity contribution in [2.24, 2.45) is 5.92 Å². The molecule has 3 aromatic rings. The molecule has 1 N–H and O–H groups in total. The molecule has 2 aliphatic carbocycles. The second kappa shape index (κ2) is 11.1. The van der Waals surface area contributed by atoms with Crippen molar-refractivity contribution in [3.63, 3.8) is 0 Å². The standard InChI is InChI=1S/C31H34ClN3O4S/c1-20-7-8-23(16-33-20)29(40(37)38)30(36)34-25-10-12-28-27(15-25)35(17-21-4-2-5-21)18-31(19-39-28)13-3-6-22-14-24(32)9-11-26(22)31/h7-12,14-16,21,29H,2-6,13,17-19H2,1H3,(H,34,36)(H,37,38)/p-1/t29?,31-/m0/s1. The Bertz CT molecular complexity index is 1440. The third-order valence-electron chi connectivity index (χ3n) is 8.68. The number of carbonyl (C=O) groups is 1. The zero-order valence-corrected chi connectivity index (χ0v) is 24.1. The Balaban J connectivity index is 1.31. The van der Waals surface area contributed by atoms with Gasteiger partial charge in [-0.1, -0.05) is 30.2 Å². The molecule has 3 atom stereocenters. The van der Waals surface area contributed by atoms with Crippen molar-refractivity contribution in [1.29, 1.82) is 0 Å². The van der Waals surface area contributed by atoms with Crippen molar-refractivity contribution in [3.05, 3.63) is 82.1 Å². The van der Waals surface area contributed by atoms with Gasteiger partial charge in [-0.15, -0.1) is 0 Å². The fourth-order valence-corrected chi connectivity index (χ4v) is 7.16. The van der Waals surface area contributed by atoms with Gasteiger partial charge >= 0.3 is 0 Å². The third kappa shape index (κ3) is 5.37. The number of carbonyl (C=O) groups excluding carboxylic acids is 1. The van der Waals surface area contributed by atoms with Crippen LogP contribution in [0.4, 0.5) is 11.4 Å². The predicted octanol–water partition coefficient (Wildman–Crippen LogP) is 5.88. The van der Waals surface area contributed by atoms with Gasteiger partial charge in [0, 0.05) is 41.1 Å². The lowest BCUT2D eigenvalue weighted by Gasteiger charge is -2.42. The van der Waals surface area contributed by atoms with E-state index in [0.717, 1.165) is 54.5 Å². The van der Waals surface area contributed by atoms with E-state index in [4.69, 9.17) is 16.3 Å². The first kappa shape index (κ1) is 27.2. The lowest BCUT2D eigenvalue weighted by atomic mass is 9.70. The normalized spacial score (nSPS) is 21.8. The maximum Gasteiger partial charge on any atom is 0.243 e. The summed E-state index contributed by atoms with van der Waals surface area (Å²) in [5.74, 6) is 0.784. The van der Waals surface area contributed by atoms with Crippen LogP contribution >= 0.6 is 11.6 Å². The number of fused-ring (bicyclic) bond motifs is 3. The number of anilines is 2. The molecule has 1 fully saturated rings. The summed E-state index contributed by atoms with van der Waals surface area (Å²) in [5, 5.41) is 2.25. The molecule has 1 spiro atoms. The average Bonchev–Trinajstić information content (AvgIpc) is 3.04. The summed E-state index contributed by atoms with van der Waals surface area (Å²) in [6, 6.07) is 15.2. The first-order chi connectivity index (χ1) is 19.3. The van der Waals surface area contributed by atoms with Gasteiger partial charge in [-0.25, -0.2) is 0 Å². The predicted molar refractivity (Wildman–Crippen MR) is 157 cm³/mol. The molecule has 1 aliphatic heterocycles. The maximum atomic E-state index is 13.2. The summed E-state index contributed by atoms with van der Waals surface area (Å²) in [7, 11) is 0. The number of aryl methyl sites for hydroxylation is 2. The number of pyridine rings is 1. The fraction of sp³-hybridized carbons (Fsp3) is 0.419. The Morgan fingerprint density at radius 1 is 1.23 bits per heavy atom. The van der Waals surface area contributed by atoms with Crippen molar-refractivity contribution < 1.29 is 18.3 Å². The van der Waals surface area contributed by atoms with Gasteiger partial charge in [0.05, 0.1) is 12.3 Å². The Labute approximate surface area is 242 Å². The molecule has 210 valence electrons. The molecule has 2 aromatic carbocycles. The van der Waals surface area contributed by atoms with E-state index in [-0.39, 0.29) is 5.41 Å². The molecule has 1 amide bonds. The number of aromatic nitrogens is 1. The van der Waals surface area contributed by atoms with Crippen LogP contribution in [0.3, 0.4) is 0 Å². The van der Waals surface area contributed by atoms with Crippen LogP contribution in [0.5, 0.6) is 5.75 Å². The molecule has 1 aromatic heterocycles. The fourth-order valence-electron chi connectivity index (χ4n) is 6.37. The minimum atomic E-state index is -2.65. The SMILES string of the molecule is Cc1ccc(C(C(=O)Nc2ccc3c(c2)N(CC2CCC2)C[C@@]2(CCCc4cc(Cl)ccc42)CO3)S(=O)[O-])cn1. The minimum absolute atomic E-state index is 0.159. The number of ether oxygens (including phenoxy) is 1. The second-order valence-electron chi connectivity index (χ2n) is 11.4. The lowest BCUT2D eigenvalue weighted by Crippen LogP contribution is -2.47. The highest BCUT2D eigenvalue weighted by atomic mass is 35.5. The second-order valence-corrected chi connectivity index (χ2v) is 12.9. The van der Waals surface area contributed by atoms with Crippen LogP contribution in [-0.2, 0) is 27.7 Å². The Morgan fingerprint density at radius 2 is 2.08 bits per heavy atom. The lowest BCUT2D eigenvalue weighted by molar-refractivity contribution is -0.115. The average molecular weight is 579 g/mol. The summed E-state index contributed by atoms with van der Waals surface area (Å²) >= 11 is 3.71. The number of hydrogen-bond donors (Lipinski definition) is 1. The zero-order chi connectivity index (χ0) is 27.9. The molecule has 9 heteroatoms. The Kier molecular flexibility index (Phi) is 7.59. The molecule has 2 unspecified atom stereocenters. The van der Waals surface area contributed by atoms with Crippen LogP contribution in [0.25, 0.3) is 0 Å². The van der Waals surface area contributed by atoms with Gasteiger partial charge < -0.3 is 19.5 Å². The topological polar surface area (TPSA) is 94.6 Å². The zero-order valence-electron chi connectivity index (χ0n) is 22.5. The van der Waals surface area contributed by atoms with Crippen LogP contribution in [0.2, 0.25) is 5.02 Å². The van der Waals surface area contributed by atoms with E-state index < -0.39 is 22.2 Å². The van der Waals surface area contributed by atoms with Crippen LogP contribution in [0, 0.1) is 12.8 Å². The van der Waals surface area contributed by atoms with Gasteiger partial charge in [0.1, 0.15) is 11.0 Å².